The van der Waals surface area contributed by atoms with Crippen molar-refractivity contribution in [2.45, 2.75) is 164 Å². The van der Waals surface area contributed by atoms with E-state index in [0.717, 1.165) is 69.8 Å². The third-order valence-corrected chi connectivity index (χ3v) is 16.6. The number of fused-ring (bicyclic) bond motifs is 7. The molecule has 0 aromatic carbocycles. The number of carboxylic acids is 2. The van der Waals surface area contributed by atoms with Crippen molar-refractivity contribution < 1.29 is 44.3 Å². The maximum Gasteiger partial charge on any atom is 0.309 e. The molecule has 0 bridgehead atoms. The van der Waals surface area contributed by atoms with Crippen molar-refractivity contribution in [1.29, 1.82) is 0 Å². The van der Waals surface area contributed by atoms with Crippen molar-refractivity contribution in [2.75, 3.05) is 6.54 Å². The summed E-state index contributed by atoms with van der Waals surface area (Å²) in [5.41, 5.74) is -0.620. The zero-order chi connectivity index (χ0) is 39.5. The lowest BCUT2D eigenvalue weighted by Gasteiger charge is -2.72. The summed E-state index contributed by atoms with van der Waals surface area (Å²) in [7, 11) is 0. The fourth-order valence-corrected chi connectivity index (χ4v) is 13.6. The molecule has 5 aliphatic rings. The SMILES string of the molecule is C=C(C)[C@@H]1CC[C@]2(C(=O)NCCC(O)CC(O)CC(=O)O)CC[C@]3(C)[C@H](CC[C@@H]4[C@@]5(C)CC[C@H](OC(=O)CC(C)(C)C(=O)O)C(C)(C)[C@@H]5CC[C@]43C)[C@@H]12. The van der Waals surface area contributed by atoms with Crippen LogP contribution in [-0.4, -0.2) is 69.1 Å². The van der Waals surface area contributed by atoms with Crippen LogP contribution in [0.1, 0.15) is 145 Å². The number of aliphatic hydroxyl groups excluding tert-OH is 2. The van der Waals surface area contributed by atoms with Crippen molar-refractivity contribution in [3.8, 4) is 0 Å². The molecular weight excluding hydrogens is 674 g/mol. The first kappa shape index (κ1) is 41.7. The van der Waals surface area contributed by atoms with E-state index in [9.17, 15) is 34.5 Å². The Morgan fingerprint density at radius 3 is 2.15 bits per heavy atom. The van der Waals surface area contributed by atoms with Gasteiger partial charge < -0.3 is 30.5 Å². The van der Waals surface area contributed by atoms with Crippen LogP contribution in [0.15, 0.2) is 12.2 Å². The Morgan fingerprint density at radius 1 is 0.849 bits per heavy atom. The van der Waals surface area contributed by atoms with Gasteiger partial charge in [0.05, 0.1) is 35.9 Å². The fourth-order valence-electron chi connectivity index (χ4n) is 13.6. The van der Waals surface area contributed by atoms with Gasteiger partial charge in [-0.1, -0.05) is 46.8 Å². The molecule has 10 nitrogen and oxygen atoms in total. The second-order valence-corrected chi connectivity index (χ2v) is 20.2. The summed E-state index contributed by atoms with van der Waals surface area (Å²) >= 11 is 0. The van der Waals surface area contributed by atoms with E-state index in [1.54, 1.807) is 13.8 Å². The van der Waals surface area contributed by atoms with Crippen molar-refractivity contribution in [3.63, 3.8) is 0 Å². The Balaban J connectivity index is 1.34. The molecule has 53 heavy (non-hydrogen) atoms. The zero-order valence-corrected chi connectivity index (χ0v) is 33.8. The predicted molar refractivity (Wildman–Crippen MR) is 201 cm³/mol. The van der Waals surface area contributed by atoms with Crippen molar-refractivity contribution in [1.82, 2.24) is 5.32 Å². The molecule has 5 rings (SSSR count). The lowest BCUT2D eigenvalue weighted by atomic mass is 9.32. The minimum absolute atomic E-state index is 0.0305. The van der Waals surface area contributed by atoms with Gasteiger partial charge >= 0.3 is 17.9 Å². The molecule has 0 aromatic heterocycles. The Bertz CT molecular complexity index is 1460. The molecule has 5 aliphatic carbocycles. The van der Waals surface area contributed by atoms with Crippen molar-refractivity contribution in [3.05, 3.63) is 12.2 Å². The van der Waals surface area contributed by atoms with Gasteiger partial charge in [0.2, 0.25) is 5.91 Å². The highest BCUT2D eigenvalue weighted by Crippen LogP contribution is 2.77. The number of carbonyl (C=O) groups excluding carboxylic acids is 2. The standard InChI is InChI=1S/C43H69NO9/c1-25(2)28-12-18-43(36(50)44-21-15-26(45)22-27(46)23-33(47)48)20-19-41(8)29(35(28)43)10-11-31-40(7)16-14-32(53-34(49)24-38(3,4)37(51)52)39(5,6)30(40)13-17-42(31,41)9/h26-32,35,45-46H,1,10-24H2,2-9H3,(H,44,50)(H,47,48)(H,51,52)/t26?,27?,28-,29+,30-,31+,32-,35+,40-,41+,42+,43-/m0/s1. The molecule has 2 unspecified atom stereocenters. The van der Waals surface area contributed by atoms with Gasteiger partial charge in [0.1, 0.15) is 6.10 Å². The predicted octanol–water partition coefficient (Wildman–Crippen LogP) is 7.15. The first-order chi connectivity index (χ1) is 24.5. The van der Waals surface area contributed by atoms with Gasteiger partial charge in [0.15, 0.2) is 0 Å². The normalized spacial score (nSPS) is 40.0. The first-order valence-corrected chi connectivity index (χ1v) is 20.4. The molecule has 0 heterocycles. The number of nitrogens with one attached hydrogen (secondary N) is 1. The number of aliphatic hydroxyl groups is 2. The number of carbonyl (C=O) groups is 4. The minimum Gasteiger partial charge on any atom is -0.481 e. The Kier molecular flexibility index (Phi) is 11.5. The maximum absolute atomic E-state index is 14.4. The smallest absolute Gasteiger partial charge is 0.309 e. The summed E-state index contributed by atoms with van der Waals surface area (Å²) in [6, 6.07) is 0. The number of allylic oxidation sites excluding steroid dienone is 1. The number of rotatable bonds is 13. The van der Waals surface area contributed by atoms with Crippen LogP contribution in [-0.2, 0) is 23.9 Å². The highest BCUT2D eigenvalue weighted by atomic mass is 16.5. The van der Waals surface area contributed by atoms with E-state index < -0.39 is 47.4 Å². The van der Waals surface area contributed by atoms with Crippen molar-refractivity contribution in [2.24, 2.45) is 62.1 Å². The molecular formula is C43H69NO9. The molecule has 10 heteroatoms. The number of aliphatic carboxylic acids is 2. The van der Waals surface area contributed by atoms with Gasteiger partial charge in [-0.25, -0.2) is 0 Å². The van der Waals surface area contributed by atoms with Crippen LogP contribution in [0, 0.1) is 62.1 Å². The van der Waals surface area contributed by atoms with Gasteiger partial charge in [0, 0.05) is 12.0 Å². The van der Waals surface area contributed by atoms with Crippen LogP contribution in [0.25, 0.3) is 0 Å². The largest absolute Gasteiger partial charge is 0.481 e. The fraction of sp³-hybridized carbons (Fsp3) is 0.860. The van der Waals surface area contributed by atoms with Crippen LogP contribution < -0.4 is 5.32 Å². The van der Waals surface area contributed by atoms with E-state index >= 15 is 0 Å². The van der Waals surface area contributed by atoms with Crippen LogP contribution in [0.3, 0.4) is 0 Å². The summed E-state index contributed by atoms with van der Waals surface area (Å²) in [4.78, 5) is 50.1. The molecule has 5 saturated carbocycles. The lowest BCUT2D eigenvalue weighted by molar-refractivity contribution is -0.249. The molecule has 5 N–H and O–H groups in total. The number of hydrogen-bond acceptors (Lipinski definition) is 7. The molecule has 0 aliphatic heterocycles. The third kappa shape index (κ3) is 7.10. The summed E-state index contributed by atoms with van der Waals surface area (Å²) in [5, 5.41) is 42.2. The van der Waals surface area contributed by atoms with Crippen LogP contribution in [0.4, 0.5) is 0 Å². The third-order valence-electron chi connectivity index (χ3n) is 16.6. The Hall–Kier alpha value is -2.46. The highest BCUT2D eigenvalue weighted by molar-refractivity contribution is 5.84. The van der Waals surface area contributed by atoms with Gasteiger partial charge in [-0.3, -0.25) is 19.2 Å². The molecule has 0 radical (unpaired) electrons. The Labute approximate surface area is 317 Å². The van der Waals surface area contributed by atoms with E-state index in [2.05, 4.69) is 53.4 Å². The van der Waals surface area contributed by atoms with Gasteiger partial charge in [-0.15, -0.1) is 0 Å². The quantitative estimate of drug-likeness (QED) is 0.0971. The highest BCUT2D eigenvalue weighted by Gasteiger charge is 2.72. The van der Waals surface area contributed by atoms with E-state index in [1.165, 1.54) is 0 Å². The summed E-state index contributed by atoms with van der Waals surface area (Å²) in [6.45, 7) is 22.1. The number of amides is 1. The second kappa shape index (κ2) is 14.6. The number of ether oxygens (including phenoxy) is 1. The topological polar surface area (TPSA) is 170 Å². The monoisotopic (exact) mass is 743 g/mol. The van der Waals surface area contributed by atoms with E-state index in [1.807, 2.05) is 0 Å². The van der Waals surface area contributed by atoms with Gasteiger partial charge in [-0.2, -0.15) is 0 Å². The summed E-state index contributed by atoms with van der Waals surface area (Å²) < 4.78 is 6.15. The molecule has 0 spiro atoms. The van der Waals surface area contributed by atoms with E-state index in [-0.39, 0.29) is 71.3 Å². The van der Waals surface area contributed by atoms with Gasteiger partial charge in [0.25, 0.3) is 0 Å². The maximum atomic E-state index is 14.4. The molecule has 12 atom stereocenters. The molecule has 0 saturated heterocycles. The zero-order valence-electron chi connectivity index (χ0n) is 33.8. The average Bonchev–Trinajstić information content (AvgIpc) is 3.43. The summed E-state index contributed by atoms with van der Waals surface area (Å²) in [6.07, 6.45) is 6.94. The summed E-state index contributed by atoms with van der Waals surface area (Å²) in [5.74, 6) is -0.816. The van der Waals surface area contributed by atoms with Crippen LogP contribution in [0.2, 0.25) is 0 Å². The van der Waals surface area contributed by atoms with Crippen molar-refractivity contribution >= 4 is 23.8 Å². The molecule has 300 valence electrons. The molecule has 0 aromatic rings. The second-order valence-electron chi connectivity index (χ2n) is 20.2. The molecule has 1 amide bonds. The van der Waals surface area contributed by atoms with Crippen LogP contribution in [0.5, 0.6) is 0 Å². The molecule has 5 fully saturated rings. The number of carboxylic acid groups (broad SMARTS) is 2. The average molecular weight is 744 g/mol. The first-order valence-electron chi connectivity index (χ1n) is 20.4. The van der Waals surface area contributed by atoms with E-state index in [4.69, 9.17) is 9.84 Å². The lowest BCUT2D eigenvalue weighted by Crippen LogP contribution is -2.67. The Morgan fingerprint density at radius 2 is 1.53 bits per heavy atom. The number of hydrogen-bond donors (Lipinski definition) is 5. The van der Waals surface area contributed by atoms with E-state index in [0.29, 0.717) is 17.8 Å². The van der Waals surface area contributed by atoms with Gasteiger partial charge in [-0.05, 0) is 144 Å². The minimum atomic E-state index is -1.18. The number of esters is 1. The van der Waals surface area contributed by atoms with Crippen LogP contribution >= 0.6 is 0 Å².